The zero-order valence-electron chi connectivity index (χ0n) is 10.4. The van der Waals surface area contributed by atoms with Crippen LogP contribution in [-0.4, -0.2) is 19.0 Å². The van der Waals surface area contributed by atoms with Crippen molar-refractivity contribution in [1.29, 1.82) is 5.26 Å². The average Bonchev–Trinajstić information content (AvgIpc) is 2.76. The second-order valence-corrected chi connectivity index (χ2v) is 4.91. The van der Waals surface area contributed by atoms with Crippen LogP contribution in [0.1, 0.15) is 23.5 Å². The number of nitriles is 1. The van der Waals surface area contributed by atoms with Crippen LogP contribution in [0.3, 0.4) is 0 Å². The lowest BCUT2D eigenvalue weighted by atomic mass is 9.96. The van der Waals surface area contributed by atoms with E-state index in [0.717, 1.165) is 0 Å². The Morgan fingerprint density at radius 3 is 2.67 bits per heavy atom. The molecule has 0 radical (unpaired) electrons. The molecule has 18 heavy (non-hydrogen) atoms. The fourth-order valence-electron chi connectivity index (χ4n) is 1.38. The molecule has 0 fully saturated rings. The standard InChI is InChI=1S/C12H14N2O3S/c1-7(2)8(6-13)11(15)14-9-4-5-18-10(9)12(16)17-3/h4-5,7-8H,1-3H3,(H,14,15). The molecule has 0 bridgehead atoms. The Morgan fingerprint density at radius 2 is 2.17 bits per heavy atom. The van der Waals surface area contributed by atoms with Crippen LogP contribution in [0.25, 0.3) is 0 Å². The number of methoxy groups -OCH3 is 1. The number of thiophene rings is 1. The van der Waals surface area contributed by atoms with E-state index in [-0.39, 0.29) is 5.92 Å². The summed E-state index contributed by atoms with van der Waals surface area (Å²) in [4.78, 5) is 23.6. The third-order valence-corrected chi connectivity index (χ3v) is 3.28. The highest BCUT2D eigenvalue weighted by Crippen LogP contribution is 2.24. The zero-order chi connectivity index (χ0) is 13.7. The van der Waals surface area contributed by atoms with Crippen molar-refractivity contribution in [2.75, 3.05) is 12.4 Å². The van der Waals surface area contributed by atoms with Gasteiger partial charge < -0.3 is 10.1 Å². The number of nitrogens with zero attached hydrogens (tertiary/aromatic N) is 1. The van der Waals surface area contributed by atoms with Crippen LogP contribution in [0, 0.1) is 23.2 Å². The number of hydrogen-bond donors (Lipinski definition) is 1. The predicted molar refractivity (Wildman–Crippen MR) is 68.2 cm³/mol. The van der Waals surface area contributed by atoms with Crippen LogP contribution < -0.4 is 5.32 Å². The van der Waals surface area contributed by atoms with Crippen LogP contribution in [0.15, 0.2) is 11.4 Å². The first-order chi connectivity index (χ1) is 8.51. The first-order valence-corrected chi connectivity index (χ1v) is 6.25. The van der Waals surface area contributed by atoms with Gasteiger partial charge in [-0.15, -0.1) is 11.3 Å². The number of nitrogens with one attached hydrogen (secondary N) is 1. The Bertz CT molecular complexity index is 488. The van der Waals surface area contributed by atoms with Gasteiger partial charge in [-0.05, 0) is 17.4 Å². The number of anilines is 1. The molecule has 5 nitrogen and oxygen atoms in total. The molecular formula is C12H14N2O3S. The van der Waals surface area contributed by atoms with E-state index < -0.39 is 17.8 Å². The van der Waals surface area contributed by atoms with Crippen LogP contribution in [-0.2, 0) is 9.53 Å². The molecule has 96 valence electrons. The molecule has 6 heteroatoms. The molecular weight excluding hydrogens is 252 g/mol. The SMILES string of the molecule is COC(=O)c1sccc1NC(=O)C(C#N)C(C)C. The fourth-order valence-corrected chi connectivity index (χ4v) is 2.15. The molecule has 1 rings (SSSR count). The highest BCUT2D eigenvalue weighted by molar-refractivity contribution is 7.12. The minimum Gasteiger partial charge on any atom is -0.465 e. The van der Waals surface area contributed by atoms with Crippen molar-refractivity contribution in [2.45, 2.75) is 13.8 Å². The molecule has 1 unspecified atom stereocenters. The number of rotatable bonds is 4. The van der Waals surface area contributed by atoms with Gasteiger partial charge in [0.05, 0.1) is 18.9 Å². The van der Waals surface area contributed by atoms with Gasteiger partial charge in [-0.1, -0.05) is 13.8 Å². The van der Waals surface area contributed by atoms with Crippen molar-refractivity contribution in [3.63, 3.8) is 0 Å². The van der Waals surface area contributed by atoms with Gasteiger partial charge in [0.25, 0.3) is 0 Å². The predicted octanol–water partition coefficient (Wildman–Crippen LogP) is 2.27. The molecule has 1 atom stereocenters. The molecule has 0 spiro atoms. The summed E-state index contributed by atoms with van der Waals surface area (Å²) in [6, 6.07) is 3.57. The van der Waals surface area contributed by atoms with Crippen LogP contribution >= 0.6 is 11.3 Å². The van der Waals surface area contributed by atoms with Crippen molar-refractivity contribution in [3.8, 4) is 6.07 Å². The summed E-state index contributed by atoms with van der Waals surface area (Å²) in [5.74, 6) is -1.74. The zero-order valence-corrected chi connectivity index (χ0v) is 11.2. The first-order valence-electron chi connectivity index (χ1n) is 5.37. The van der Waals surface area contributed by atoms with Crippen molar-refractivity contribution in [3.05, 3.63) is 16.3 Å². The van der Waals surface area contributed by atoms with E-state index in [0.29, 0.717) is 10.6 Å². The number of ether oxygens (including phenoxy) is 1. The molecule has 1 amide bonds. The summed E-state index contributed by atoms with van der Waals surface area (Å²) in [5, 5.41) is 13.2. The molecule has 0 saturated heterocycles. The quantitative estimate of drug-likeness (QED) is 0.848. The monoisotopic (exact) mass is 266 g/mol. The van der Waals surface area contributed by atoms with E-state index >= 15 is 0 Å². The van der Waals surface area contributed by atoms with E-state index in [1.54, 1.807) is 25.3 Å². The second-order valence-electron chi connectivity index (χ2n) is 4.00. The minimum absolute atomic E-state index is 0.0878. The topological polar surface area (TPSA) is 79.2 Å². The number of hydrogen-bond acceptors (Lipinski definition) is 5. The number of amides is 1. The van der Waals surface area contributed by atoms with Crippen molar-refractivity contribution < 1.29 is 14.3 Å². The summed E-state index contributed by atoms with van der Waals surface area (Å²) in [6.07, 6.45) is 0. The Kier molecular flexibility index (Phi) is 4.86. The lowest BCUT2D eigenvalue weighted by molar-refractivity contribution is -0.119. The maximum atomic E-state index is 11.9. The molecule has 0 aliphatic rings. The lowest BCUT2D eigenvalue weighted by Gasteiger charge is -2.12. The van der Waals surface area contributed by atoms with E-state index in [4.69, 9.17) is 5.26 Å². The Labute approximate surface area is 109 Å². The maximum Gasteiger partial charge on any atom is 0.350 e. The van der Waals surface area contributed by atoms with Crippen LogP contribution in [0.4, 0.5) is 5.69 Å². The maximum absolute atomic E-state index is 11.9. The van der Waals surface area contributed by atoms with Gasteiger partial charge in [-0.2, -0.15) is 5.26 Å². The van der Waals surface area contributed by atoms with Gasteiger partial charge in [0, 0.05) is 0 Å². The summed E-state index contributed by atoms with van der Waals surface area (Å²) in [5.41, 5.74) is 0.387. The van der Waals surface area contributed by atoms with E-state index in [1.807, 2.05) is 6.07 Å². The van der Waals surface area contributed by atoms with Gasteiger partial charge in [-0.25, -0.2) is 4.79 Å². The van der Waals surface area contributed by atoms with Crippen LogP contribution in [0.2, 0.25) is 0 Å². The lowest BCUT2D eigenvalue weighted by Crippen LogP contribution is -2.26. The summed E-state index contributed by atoms with van der Waals surface area (Å²) in [6.45, 7) is 3.59. The summed E-state index contributed by atoms with van der Waals surface area (Å²) >= 11 is 1.18. The van der Waals surface area contributed by atoms with E-state index in [9.17, 15) is 9.59 Å². The summed E-state index contributed by atoms with van der Waals surface area (Å²) < 4.78 is 4.61. The number of esters is 1. The average molecular weight is 266 g/mol. The fraction of sp³-hybridized carbons (Fsp3) is 0.417. The smallest absolute Gasteiger partial charge is 0.350 e. The van der Waals surface area contributed by atoms with Crippen molar-refractivity contribution >= 4 is 28.9 Å². The normalized spacial score (nSPS) is 11.7. The molecule has 1 aromatic heterocycles. The molecule has 1 heterocycles. The highest BCUT2D eigenvalue weighted by atomic mass is 32.1. The van der Waals surface area contributed by atoms with Gasteiger partial charge >= 0.3 is 5.97 Å². The Hall–Kier alpha value is -1.87. The Morgan fingerprint density at radius 1 is 1.50 bits per heavy atom. The van der Waals surface area contributed by atoms with Crippen molar-refractivity contribution in [1.82, 2.24) is 0 Å². The number of carbonyl (C=O) groups is 2. The van der Waals surface area contributed by atoms with E-state index in [1.165, 1.54) is 18.4 Å². The van der Waals surface area contributed by atoms with Gasteiger partial charge in [-0.3, -0.25) is 4.79 Å². The van der Waals surface area contributed by atoms with E-state index in [2.05, 4.69) is 10.1 Å². The molecule has 0 aliphatic heterocycles. The molecule has 0 saturated carbocycles. The van der Waals surface area contributed by atoms with Gasteiger partial charge in [0.15, 0.2) is 0 Å². The molecule has 1 N–H and O–H groups in total. The molecule has 0 aromatic carbocycles. The van der Waals surface area contributed by atoms with Gasteiger partial charge in [0.2, 0.25) is 5.91 Å². The highest BCUT2D eigenvalue weighted by Gasteiger charge is 2.24. The third-order valence-electron chi connectivity index (χ3n) is 2.38. The number of carbonyl (C=O) groups excluding carboxylic acids is 2. The largest absolute Gasteiger partial charge is 0.465 e. The van der Waals surface area contributed by atoms with Gasteiger partial charge in [0.1, 0.15) is 10.8 Å². The first kappa shape index (κ1) is 14.2. The third kappa shape index (κ3) is 3.08. The molecule has 0 aliphatic carbocycles. The Balaban J connectivity index is 2.86. The summed E-state index contributed by atoms with van der Waals surface area (Å²) in [7, 11) is 1.28. The van der Waals surface area contributed by atoms with Crippen molar-refractivity contribution in [2.24, 2.45) is 11.8 Å². The minimum atomic E-state index is -0.740. The molecule has 1 aromatic rings. The second kappa shape index (κ2) is 6.17. The van der Waals surface area contributed by atoms with Crippen LogP contribution in [0.5, 0.6) is 0 Å².